The zero-order valence-electron chi connectivity index (χ0n) is 14.2. The first-order valence-corrected chi connectivity index (χ1v) is 7.91. The van der Waals surface area contributed by atoms with Gasteiger partial charge < -0.3 is 9.47 Å². The van der Waals surface area contributed by atoms with Crippen molar-refractivity contribution in [1.29, 1.82) is 5.26 Å². The fourth-order valence-corrected chi connectivity index (χ4v) is 3.74. The molecule has 1 fully saturated rings. The summed E-state index contributed by atoms with van der Waals surface area (Å²) in [5.74, 6) is 0.685. The van der Waals surface area contributed by atoms with Gasteiger partial charge in [0.25, 0.3) is 0 Å². The molecule has 0 unspecified atom stereocenters. The Kier molecular flexibility index (Phi) is 3.61. The number of nitrogens with zero attached hydrogens (tertiary/aromatic N) is 2. The fourth-order valence-electron chi connectivity index (χ4n) is 3.74. The minimum atomic E-state index is -0.627. The number of morpholine rings is 1. The van der Waals surface area contributed by atoms with Crippen molar-refractivity contribution in [2.45, 2.75) is 51.5 Å². The van der Waals surface area contributed by atoms with Crippen molar-refractivity contribution >= 4 is 5.97 Å². The van der Waals surface area contributed by atoms with Crippen LogP contribution in [0.3, 0.4) is 0 Å². The zero-order valence-corrected chi connectivity index (χ0v) is 14.2. The summed E-state index contributed by atoms with van der Waals surface area (Å²) in [4.78, 5) is 14.5. The number of rotatable bonds is 1. The Labute approximate surface area is 136 Å². The summed E-state index contributed by atoms with van der Waals surface area (Å²) in [5.41, 5.74) is 0.865. The number of nitriles is 1. The second kappa shape index (κ2) is 5.24. The number of carbonyl (C=O) groups is 1. The lowest BCUT2D eigenvalue weighted by Crippen LogP contribution is -2.63. The molecule has 2 aliphatic heterocycles. The van der Waals surface area contributed by atoms with Gasteiger partial charge in [0.1, 0.15) is 17.4 Å². The van der Waals surface area contributed by atoms with Gasteiger partial charge in [-0.3, -0.25) is 9.69 Å². The molecule has 3 atom stereocenters. The summed E-state index contributed by atoms with van der Waals surface area (Å²) < 4.78 is 11.9. The van der Waals surface area contributed by atoms with Crippen LogP contribution in [-0.2, 0) is 9.53 Å². The van der Waals surface area contributed by atoms with Crippen LogP contribution in [0.4, 0.5) is 0 Å². The standard InChI is InChI=1S/C18H22N2O3/c1-10(2)14-17(21)22-16-15(20(14)5)12-8-11(9-19)6-7-13(12)23-18(16,3)4/h6-8,10,14-16H,1-5H3/t14-,15-,16+/m0/s1. The van der Waals surface area contributed by atoms with E-state index in [1.165, 1.54) is 0 Å². The first-order valence-electron chi connectivity index (χ1n) is 7.91. The topological polar surface area (TPSA) is 62.6 Å². The monoisotopic (exact) mass is 314 g/mol. The molecule has 0 bridgehead atoms. The summed E-state index contributed by atoms with van der Waals surface area (Å²) in [5, 5.41) is 9.20. The van der Waals surface area contributed by atoms with Gasteiger partial charge in [-0.05, 0) is 45.0 Å². The SMILES string of the molecule is CC(C)[C@H]1C(=O)O[C@@H]2[C@H](c3cc(C#N)ccc3OC2(C)C)N1C. The second-order valence-corrected chi connectivity index (χ2v) is 7.23. The van der Waals surface area contributed by atoms with Gasteiger partial charge in [0, 0.05) is 5.56 Å². The molecular weight excluding hydrogens is 292 g/mol. The first kappa shape index (κ1) is 15.8. The minimum absolute atomic E-state index is 0.118. The normalized spacial score (nSPS) is 29.1. The van der Waals surface area contributed by atoms with Gasteiger partial charge in [-0.2, -0.15) is 5.26 Å². The Morgan fingerprint density at radius 1 is 1.35 bits per heavy atom. The molecule has 0 radical (unpaired) electrons. The van der Waals surface area contributed by atoms with Crippen molar-refractivity contribution in [3.63, 3.8) is 0 Å². The van der Waals surface area contributed by atoms with Crippen molar-refractivity contribution in [1.82, 2.24) is 4.90 Å². The molecule has 1 saturated heterocycles. The molecule has 122 valence electrons. The molecule has 2 aliphatic rings. The van der Waals surface area contributed by atoms with E-state index in [1.807, 2.05) is 46.9 Å². The average molecular weight is 314 g/mol. The van der Waals surface area contributed by atoms with Crippen LogP contribution in [0.15, 0.2) is 18.2 Å². The molecule has 2 heterocycles. The third kappa shape index (κ3) is 2.38. The van der Waals surface area contributed by atoms with Crippen LogP contribution in [-0.4, -0.2) is 35.7 Å². The van der Waals surface area contributed by atoms with Crippen LogP contribution in [0.1, 0.15) is 44.9 Å². The molecular formula is C18H22N2O3. The van der Waals surface area contributed by atoms with Gasteiger partial charge in [0.05, 0.1) is 17.7 Å². The zero-order chi connectivity index (χ0) is 16.9. The Balaban J connectivity index is 2.14. The number of carbonyl (C=O) groups excluding carboxylic acids is 1. The molecule has 23 heavy (non-hydrogen) atoms. The molecule has 5 heteroatoms. The van der Waals surface area contributed by atoms with E-state index in [0.29, 0.717) is 5.56 Å². The number of hydrogen-bond acceptors (Lipinski definition) is 5. The lowest BCUT2D eigenvalue weighted by atomic mass is 9.82. The van der Waals surface area contributed by atoms with Crippen LogP contribution >= 0.6 is 0 Å². The van der Waals surface area contributed by atoms with Gasteiger partial charge in [-0.15, -0.1) is 0 Å². The Morgan fingerprint density at radius 2 is 2.04 bits per heavy atom. The van der Waals surface area contributed by atoms with E-state index in [2.05, 4.69) is 11.0 Å². The molecule has 0 saturated carbocycles. The lowest BCUT2D eigenvalue weighted by Gasteiger charge is -2.52. The third-order valence-electron chi connectivity index (χ3n) is 4.80. The van der Waals surface area contributed by atoms with Crippen LogP contribution in [0, 0.1) is 17.2 Å². The number of likely N-dealkylation sites (N-methyl/N-ethyl adjacent to an activating group) is 1. The average Bonchev–Trinajstić information content (AvgIpc) is 2.46. The van der Waals surface area contributed by atoms with Gasteiger partial charge >= 0.3 is 5.97 Å². The third-order valence-corrected chi connectivity index (χ3v) is 4.80. The second-order valence-electron chi connectivity index (χ2n) is 7.23. The largest absolute Gasteiger partial charge is 0.484 e. The highest BCUT2D eigenvalue weighted by Gasteiger charge is 2.54. The maximum Gasteiger partial charge on any atom is 0.324 e. The molecule has 1 aromatic rings. The molecule has 0 spiro atoms. The Hall–Kier alpha value is -2.06. The van der Waals surface area contributed by atoms with Crippen molar-refractivity contribution in [3.05, 3.63) is 29.3 Å². The predicted octanol–water partition coefficient (Wildman–Crippen LogP) is 2.65. The van der Waals surface area contributed by atoms with E-state index in [4.69, 9.17) is 9.47 Å². The summed E-state index contributed by atoms with van der Waals surface area (Å²) in [6, 6.07) is 7.18. The van der Waals surface area contributed by atoms with E-state index < -0.39 is 11.7 Å². The van der Waals surface area contributed by atoms with Crippen molar-refractivity contribution < 1.29 is 14.3 Å². The van der Waals surface area contributed by atoms with Crippen molar-refractivity contribution in [2.75, 3.05) is 7.05 Å². The molecule has 0 N–H and O–H groups in total. The number of hydrogen-bond donors (Lipinski definition) is 0. The highest BCUT2D eigenvalue weighted by molar-refractivity contribution is 5.77. The molecule has 3 rings (SSSR count). The van der Waals surface area contributed by atoms with E-state index in [1.54, 1.807) is 6.07 Å². The number of fused-ring (bicyclic) bond motifs is 3. The highest BCUT2D eigenvalue weighted by atomic mass is 16.6. The van der Waals surface area contributed by atoms with Crippen molar-refractivity contribution in [2.24, 2.45) is 5.92 Å². The Bertz CT molecular complexity index is 690. The molecule has 1 aromatic carbocycles. The molecule has 0 amide bonds. The molecule has 0 aliphatic carbocycles. The van der Waals surface area contributed by atoms with Crippen LogP contribution < -0.4 is 4.74 Å². The van der Waals surface area contributed by atoms with Crippen LogP contribution in [0.25, 0.3) is 0 Å². The van der Waals surface area contributed by atoms with Crippen LogP contribution in [0.2, 0.25) is 0 Å². The van der Waals surface area contributed by atoms with E-state index >= 15 is 0 Å². The smallest absolute Gasteiger partial charge is 0.324 e. The van der Waals surface area contributed by atoms with Gasteiger partial charge in [0.15, 0.2) is 6.10 Å². The summed E-state index contributed by atoms with van der Waals surface area (Å²) in [7, 11) is 1.95. The van der Waals surface area contributed by atoms with E-state index in [0.717, 1.165) is 11.3 Å². The maximum atomic E-state index is 12.5. The van der Waals surface area contributed by atoms with Crippen LogP contribution in [0.5, 0.6) is 5.75 Å². The number of benzene rings is 1. The highest BCUT2D eigenvalue weighted by Crippen LogP contribution is 2.47. The van der Waals surface area contributed by atoms with Gasteiger partial charge in [-0.1, -0.05) is 13.8 Å². The predicted molar refractivity (Wildman–Crippen MR) is 84.9 cm³/mol. The van der Waals surface area contributed by atoms with E-state index in [9.17, 15) is 10.1 Å². The fraction of sp³-hybridized carbons (Fsp3) is 0.556. The number of esters is 1. The van der Waals surface area contributed by atoms with E-state index in [-0.39, 0.29) is 24.0 Å². The summed E-state index contributed by atoms with van der Waals surface area (Å²) in [6.45, 7) is 7.89. The molecule has 0 aromatic heterocycles. The minimum Gasteiger partial charge on any atom is -0.484 e. The van der Waals surface area contributed by atoms with Gasteiger partial charge in [-0.25, -0.2) is 0 Å². The lowest BCUT2D eigenvalue weighted by molar-refractivity contribution is -0.199. The quantitative estimate of drug-likeness (QED) is 0.746. The Morgan fingerprint density at radius 3 is 2.65 bits per heavy atom. The van der Waals surface area contributed by atoms with Gasteiger partial charge in [0.2, 0.25) is 0 Å². The maximum absolute atomic E-state index is 12.5. The molecule has 5 nitrogen and oxygen atoms in total. The van der Waals surface area contributed by atoms with Crippen molar-refractivity contribution in [3.8, 4) is 11.8 Å². The summed E-state index contributed by atoms with van der Waals surface area (Å²) in [6.07, 6.45) is -0.406. The number of ether oxygens (including phenoxy) is 2. The summed E-state index contributed by atoms with van der Waals surface area (Å²) >= 11 is 0. The first-order chi connectivity index (χ1) is 10.8.